The fourth-order valence-corrected chi connectivity index (χ4v) is 2.49. The number of thioether (sulfide) groups is 1. The zero-order chi connectivity index (χ0) is 17.5. The van der Waals surface area contributed by atoms with E-state index >= 15 is 0 Å². The predicted octanol–water partition coefficient (Wildman–Crippen LogP) is 0.836. The molecule has 0 aliphatic carbocycles. The Hall–Kier alpha value is -2.81. The van der Waals surface area contributed by atoms with Crippen molar-refractivity contribution in [3.63, 3.8) is 0 Å². The smallest absolute Gasteiger partial charge is 0.337 e. The Kier molecular flexibility index (Phi) is 5.96. The van der Waals surface area contributed by atoms with Crippen LogP contribution in [-0.4, -0.2) is 34.7 Å². The number of amides is 1. The van der Waals surface area contributed by atoms with E-state index < -0.39 is 5.97 Å². The fraction of sp³-hybridized carbons (Fsp3) is 0.200. The lowest BCUT2D eigenvalue weighted by Gasteiger charge is -2.06. The normalized spacial score (nSPS) is 10.2. The van der Waals surface area contributed by atoms with Crippen molar-refractivity contribution >= 4 is 35.3 Å². The van der Waals surface area contributed by atoms with Gasteiger partial charge in [-0.1, -0.05) is 23.9 Å². The van der Waals surface area contributed by atoms with Crippen molar-refractivity contribution in [2.75, 3.05) is 24.3 Å². The highest BCUT2D eigenvalue weighted by Gasteiger charge is 2.08. The number of anilines is 2. The number of methoxy groups -OCH3 is 1. The summed E-state index contributed by atoms with van der Waals surface area (Å²) < 4.78 is 4.62. The molecule has 9 heteroatoms. The lowest BCUT2D eigenvalue weighted by atomic mass is 10.1. The minimum absolute atomic E-state index is 0.142. The van der Waals surface area contributed by atoms with Crippen LogP contribution in [0.1, 0.15) is 15.9 Å². The van der Waals surface area contributed by atoms with Crippen LogP contribution < -0.4 is 16.8 Å². The molecule has 5 N–H and O–H groups in total. The molecule has 8 nitrogen and oxygen atoms in total. The van der Waals surface area contributed by atoms with E-state index in [0.29, 0.717) is 17.3 Å². The van der Waals surface area contributed by atoms with Crippen molar-refractivity contribution in [2.45, 2.75) is 11.7 Å². The summed E-state index contributed by atoms with van der Waals surface area (Å²) in [5.41, 5.74) is 12.5. The maximum atomic E-state index is 11.9. The Labute approximate surface area is 143 Å². The van der Waals surface area contributed by atoms with Crippen molar-refractivity contribution in [2.24, 2.45) is 0 Å². The fourth-order valence-electron chi connectivity index (χ4n) is 1.78. The Morgan fingerprint density at radius 1 is 1.17 bits per heavy atom. The quantitative estimate of drug-likeness (QED) is 0.397. The third kappa shape index (κ3) is 5.13. The second-order valence-corrected chi connectivity index (χ2v) is 5.70. The first-order valence-electron chi connectivity index (χ1n) is 6.94. The summed E-state index contributed by atoms with van der Waals surface area (Å²) in [6, 6.07) is 8.24. The molecule has 1 aromatic carbocycles. The van der Waals surface area contributed by atoms with Gasteiger partial charge in [-0.2, -0.15) is 0 Å². The molecule has 1 aromatic heterocycles. The number of nitrogens with zero attached hydrogens (tertiary/aromatic N) is 2. The molecule has 24 heavy (non-hydrogen) atoms. The maximum Gasteiger partial charge on any atom is 0.337 e. The van der Waals surface area contributed by atoms with Gasteiger partial charge < -0.3 is 21.5 Å². The molecule has 0 bridgehead atoms. The number of esters is 1. The zero-order valence-corrected chi connectivity index (χ0v) is 13.8. The number of aromatic nitrogens is 2. The maximum absolute atomic E-state index is 11.9. The Bertz CT molecular complexity index is 716. The van der Waals surface area contributed by atoms with Crippen LogP contribution in [0.3, 0.4) is 0 Å². The summed E-state index contributed by atoms with van der Waals surface area (Å²) in [6.07, 6.45) is 0. The van der Waals surface area contributed by atoms with Crippen molar-refractivity contribution in [1.82, 2.24) is 15.3 Å². The van der Waals surface area contributed by atoms with E-state index in [0.717, 1.165) is 17.3 Å². The molecule has 2 aromatic rings. The Morgan fingerprint density at radius 3 is 2.38 bits per heavy atom. The predicted molar refractivity (Wildman–Crippen MR) is 91.2 cm³/mol. The minimum Gasteiger partial charge on any atom is -0.465 e. The van der Waals surface area contributed by atoms with Crippen LogP contribution in [0.5, 0.6) is 0 Å². The van der Waals surface area contributed by atoms with Crippen LogP contribution >= 0.6 is 11.8 Å². The van der Waals surface area contributed by atoms with Gasteiger partial charge in [-0.25, -0.2) is 14.8 Å². The molecule has 0 atom stereocenters. The van der Waals surface area contributed by atoms with Gasteiger partial charge in [-0.3, -0.25) is 4.79 Å². The highest BCUT2D eigenvalue weighted by Crippen LogP contribution is 2.16. The van der Waals surface area contributed by atoms with Crippen molar-refractivity contribution in [3.8, 4) is 0 Å². The summed E-state index contributed by atoms with van der Waals surface area (Å²) in [4.78, 5) is 31.2. The number of nitrogens with two attached hydrogens (primary N) is 2. The van der Waals surface area contributed by atoms with Gasteiger partial charge >= 0.3 is 5.97 Å². The zero-order valence-electron chi connectivity index (χ0n) is 13.0. The van der Waals surface area contributed by atoms with E-state index in [2.05, 4.69) is 20.0 Å². The number of hydrogen-bond acceptors (Lipinski definition) is 8. The molecule has 1 amide bonds. The number of carbonyl (C=O) groups is 2. The second-order valence-electron chi connectivity index (χ2n) is 4.75. The van der Waals surface area contributed by atoms with E-state index in [4.69, 9.17) is 11.5 Å². The van der Waals surface area contributed by atoms with E-state index in [-0.39, 0.29) is 23.3 Å². The molecule has 2 rings (SSSR count). The molecule has 0 radical (unpaired) electrons. The molecule has 126 valence electrons. The topological polar surface area (TPSA) is 133 Å². The van der Waals surface area contributed by atoms with Gasteiger partial charge in [0.1, 0.15) is 11.6 Å². The van der Waals surface area contributed by atoms with Crippen molar-refractivity contribution < 1.29 is 14.3 Å². The average Bonchev–Trinajstić information content (AvgIpc) is 2.57. The number of benzene rings is 1. The molecule has 0 fully saturated rings. The highest BCUT2D eigenvalue weighted by atomic mass is 32.2. The van der Waals surface area contributed by atoms with Crippen molar-refractivity contribution in [1.29, 1.82) is 0 Å². The summed E-state index contributed by atoms with van der Waals surface area (Å²) in [7, 11) is 1.33. The van der Waals surface area contributed by atoms with Gasteiger partial charge in [0.25, 0.3) is 0 Å². The largest absolute Gasteiger partial charge is 0.465 e. The van der Waals surface area contributed by atoms with Gasteiger partial charge in [0.2, 0.25) is 5.91 Å². The Balaban J connectivity index is 1.81. The SMILES string of the molecule is COC(=O)c1ccc(CNC(=O)CSc2nc(N)cc(N)n2)cc1. The molecule has 0 saturated carbocycles. The standard InChI is InChI=1S/C15H17N5O3S/c1-23-14(22)10-4-2-9(3-5-10)7-18-13(21)8-24-15-19-11(16)6-12(17)20-15/h2-6H,7-8H2,1H3,(H,18,21)(H4,16,17,19,20). The van der Waals surface area contributed by atoms with E-state index in [1.165, 1.54) is 13.2 Å². The molecule has 0 unspecified atom stereocenters. The number of nitrogens with one attached hydrogen (secondary N) is 1. The summed E-state index contributed by atoms with van der Waals surface area (Å²) in [5, 5.41) is 3.12. The van der Waals surface area contributed by atoms with Crippen LogP contribution in [-0.2, 0) is 16.1 Å². The number of carbonyl (C=O) groups excluding carboxylic acids is 2. The molecule has 0 aliphatic rings. The summed E-state index contributed by atoms with van der Waals surface area (Å²) >= 11 is 1.15. The minimum atomic E-state index is -0.400. The lowest BCUT2D eigenvalue weighted by Crippen LogP contribution is -2.24. The van der Waals surface area contributed by atoms with Crippen LogP contribution in [0.25, 0.3) is 0 Å². The molecule has 0 saturated heterocycles. The van der Waals surface area contributed by atoms with Gasteiger partial charge in [-0.05, 0) is 17.7 Å². The number of rotatable bonds is 6. The number of ether oxygens (including phenoxy) is 1. The first kappa shape index (κ1) is 17.5. The lowest BCUT2D eigenvalue weighted by molar-refractivity contribution is -0.118. The first-order valence-corrected chi connectivity index (χ1v) is 7.93. The summed E-state index contributed by atoms with van der Waals surface area (Å²) in [6.45, 7) is 0.348. The monoisotopic (exact) mass is 347 g/mol. The Morgan fingerprint density at radius 2 is 1.79 bits per heavy atom. The molecule has 1 heterocycles. The van der Waals surface area contributed by atoms with Crippen LogP contribution in [0.2, 0.25) is 0 Å². The third-order valence-electron chi connectivity index (χ3n) is 2.94. The second kappa shape index (κ2) is 8.16. The van der Waals surface area contributed by atoms with Gasteiger partial charge in [0.05, 0.1) is 18.4 Å². The number of hydrogen-bond donors (Lipinski definition) is 3. The highest BCUT2D eigenvalue weighted by molar-refractivity contribution is 7.99. The van der Waals surface area contributed by atoms with Crippen LogP contribution in [0, 0.1) is 0 Å². The van der Waals surface area contributed by atoms with Crippen molar-refractivity contribution in [3.05, 3.63) is 41.5 Å². The van der Waals surface area contributed by atoms with E-state index in [1.54, 1.807) is 24.3 Å². The average molecular weight is 347 g/mol. The molecular weight excluding hydrogens is 330 g/mol. The molecule has 0 aliphatic heterocycles. The van der Waals surface area contributed by atoms with Gasteiger partial charge in [0.15, 0.2) is 5.16 Å². The van der Waals surface area contributed by atoms with E-state index in [1.807, 2.05) is 0 Å². The van der Waals surface area contributed by atoms with E-state index in [9.17, 15) is 9.59 Å². The first-order chi connectivity index (χ1) is 11.5. The number of nitrogen functional groups attached to an aromatic ring is 2. The molecule has 0 spiro atoms. The molecular formula is C15H17N5O3S. The summed E-state index contributed by atoms with van der Waals surface area (Å²) in [5.74, 6) is 0.0839. The van der Waals surface area contributed by atoms with Gasteiger partial charge in [-0.15, -0.1) is 0 Å². The van der Waals surface area contributed by atoms with Crippen LogP contribution in [0.15, 0.2) is 35.5 Å². The van der Waals surface area contributed by atoms with Crippen LogP contribution in [0.4, 0.5) is 11.6 Å². The van der Waals surface area contributed by atoms with Gasteiger partial charge in [0, 0.05) is 12.6 Å². The third-order valence-corrected chi connectivity index (χ3v) is 3.79.